The zero-order valence-electron chi connectivity index (χ0n) is 14.0. The average molecular weight is 323 g/mol. The van der Waals surface area contributed by atoms with Crippen molar-refractivity contribution in [2.45, 2.75) is 32.6 Å². The average Bonchev–Trinajstić information content (AvgIpc) is 3.09. The first-order valence-electron chi connectivity index (χ1n) is 8.50. The Hall–Kier alpha value is -2.50. The third-order valence-electron chi connectivity index (χ3n) is 4.84. The number of rotatable bonds is 2. The number of aromatic nitrogens is 4. The number of nitrogens with one attached hydrogen (secondary N) is 1. The molecule has 1 atom stereocenters. The van der Waals surface area contributed by atoms with Crippen LogP contribution in [-0.4, -0.2) is 43.8 Å². The van der Waals surface area contributed by atoms with Crippen LogP contribution in [0.4, 0.5) is 0 Å². The van der Waals surface area contributed by atoms with Gasteiger partial charge < -0.3 is 9.88 Å². The normalized spacial score (nSPS) is 18.6. The van der Waals surface area contributed by atoms with Gasteiger partial charge in [0.1, 0.15) is 0 Å². The van der Waals surface area contributed by atoms with Crippen molar-refractivity contribution in [2.24, 2.45) is 5.92 Å². The van der Waals surface area contributed by atoms with E-state index in [0.717, 1.165) is 53.6 Å². The first-order valence-corrected chi connectivity index (χ1v) is 8.50. The molecule has 1 amide bonds. The minimum atomic E-state index is 0.0390. The highest BCUT2D eigenvalue weighted by Crippen LogP contribution is 2.33. The summed E-state index contributed by atoms with van der Waals surface area (Å²) in [4.78, 5) is 30.8. The molecular formula is C18H21N5O. The van der Waals surface area contributed by atoms with Crippen molar-refractivity contribution in [3.8, 4) is 0 Å². The van der Waals surface area contributed by atoms with Crippen LogP contribution in [0.5, 0.6) is 0 Å². The van der Waals surface area contributed by atoms with Crippen molar-refractivity contribution >= 4 is 27.8 Å². The van der Waals surface area contributed by atoms with Gasteiger partial charge in [-0.05, 0) is 18.9 Å². The molecule has 3 aromatic rings. The molecule has 1 saturated heterocycles. The van der Waals surface area contributed by atoms with Crippen molar-refractivity contribution in [3.05, 3.63) is 30.5 Å². The summed E-state index contributed by atoms with van der Waals surface area (Å²) in [7, 11) is 0. The number of carbonyl (C=O) groups excluding carboxylic acids is 1. The van der Waals surface area contributed by atoms with Gasteiger partial charge in [0.2, 0.25) is 5.91 Å². The number of fused-ring (bicyclic) bond motifs is 3. The first kappa shape index (κ1) is 15.1. The van der Waals surface area contributed by atoms with E-state index in [4.69, 9.17) is 0 Å². The molecule has 0 aliphatic carbocycles. The van der Waals surface area contributed by atoms with E-state index < -0.39 is 0 Å². The Balaban J connectivity index is 1.78. The second-order valence-electron chi connectivity index (χ2n) is 6.79. The van der Waals surface area contributed by atoms with Gasteiger partial charge >= 0.3 is 0 Å². The third-order valence-corrected chi connectivity index (χ3v) is 4.84. The Kier molecular flexibility index (Phi) is 3.67. The van der Waals surface area contributed by atoms with Crippen LogP contribution in [0, 0.1) is 5.92 Å². The molecule has 0 saturated carbocycles. The molecule has 4 heterocycles. The molecule has 1 fully saturated rings. The lowest BCUT2D eigenvalue weighted by molar-refractivity contribution is -0.135. The van der Waals surface area contributed by atoms with Crippen LogP contribution in [0.3, 0.4) is 0 Å². The largest absolute Gasteiger partial charge is 0.349 e. The summed E-state index contributed by atoms with van der Waals surface area (Å²) in [5.41, 5.74) is 2.76. The SMILES string of the molecule is CC(C)C(=O)N1CCCC(c2[nH]cnc3cnc4nccc4c23)C1. The predicted molar refractivity (Wildman–Crippen MR) is 92.6 cm³/mol. The van der Waals surface area contributed by atoms with Gasteiger partial charge in [-0.3, -0.25) is 4.79 Å². The topological polar surface area (TPSA) is 74.8 Å². The van der Waals surface area contributed by atoms with Gasteiger partial charge in [0, 0.05) is 47.6 Å². The van der Waals surface area contributed by atoms with Gasteiger partial charge in [0.15, 0.2) is 5.65 Å². The molecule has 0 bridgehead atoms. The highest BCUT2D eigenvalue weighted by Gasteiger charge is 2.28. The van der Waals surface area contributed by atoms with Crippen molar-refractivity contribution in [1.82, 2.24) is 24.8 Å². The van der Waals surface area contributed by atoms with E-state index in [1.165, 1.54) is 0 Å². The maximum Gasteiger partial charge on any atom is 0.225 e. The molecule has 0 radical (unpaired) electrons. The van der Waals surface area contributed by atoms with Crippen molar-refractivity contribution in [3.63, 3.8) is 0 Å². The summed E-state index contributed by atoms with van der Waals surface area (Å²) in [5, 5.41) is 2.11. The van der Waals surface area contributed by atoms with E-state index in [2.05, 4.69) is 19.9 Å². The Morgan fingerprint density at radius 1 is 1.33 bits per heavy atom. The molecule has 0 spiro atoms. The van der Waals surface area contributed by atoms with Gasteiger partial charge in [-0.15, -0.1) is 0 Å². The zero-order chi connectivity index (χ0) is 16.7. The Morgan fingerprint density at radius 3 is 3.04 bits per heavy atom. The van der Waals surface area contributed by atoms with E-state index in [1.807, 2.05) is 24.8 Å². The molecular weight excluding hydrogens is 302 g/mol. The molecule has 3 aromatic heterocycles. The Labute approximate surface area is 140 Å². The summed E-state index contributed by atoms with van der Waals surface area (Å²) in [5.74, 6) is 0.560. The van der Waals surface area contributed by atoms with E-state index in [1.54, 1.807) is 18.7 Å². The van der Waals surface area contributed by atoms with E-state index >= 15 is 0 Å². The second-order valence-corrected chi connectivity index (χ2v) is 6.79. The number of pyridine rings is 1. The third kappa shape index (κ3) is 2.42. The fraction of sp³-hybridized carbons (Fsp3) is 0.444. The van der Waals surface area contributed by atoms with Gasteiger partial charge in [0.25, 0.3) is 0 Å². The van der Waals surface area contributed by atoms with Gasteiger partial charge in [0.05, 0.1) is 18.0 Å². The smallest absolute Gasteiger partial charge is 0.225 e. The van der Waals surface area contributed by atoms with Gasteiger partial charge in [-0.2, -0.15) is 0 Å². The van der Waals surface area contributed by atoms with Crippen LogP contribution >= 0.6 is 0 Å². The zero-order valence-corrected chi connectivity index (χ0v) is 14.0. The van der Waals surface area contributed by atoms with Crippen molar-refractivity contribution in [1.29, 1.82) is 0 Å². The fourth-order valence-corrected chi connectivity index (χ4v) is 3.67. The highest BCUT2D eigenvalue weighted by atomic mass is 16.2. The summed E-state index contributed by atoms with van der Waals surface area (Å²) in [6, 6.07) is 1.99. The van der Waals surface area contributed by atoms with Crippen LogP contribution in [0.25, 0.3) is 21.9 Å². The van der Waals surface area contributed by atoms with Gasteiger partial charge in [-0.1, -0.05) is 13.8 Å². The number of aromatic amines is 1. The van der Waals surface area contributed by atoms with Crippen LogP contribution in [0.15, 0.2) is 24.8 Å². The van der Waals surface area contributed by atoms with E-state index in [-0.39, 0.29) is 17.7 Å². The Morgan fingerprint density at radius 2 is 2.21 bits per heavy atom. The number of hydrogen-bond donors (Lipinski definition) is 1. The molecule has 0 aromatic carbocycles. The lowest BCUT2D eigenvalue weighted by Gasteiger charge is -2.34. The van der Waals surface area contributed by atoms with Crippen LogP contribution in [0.1, 0.15) is 38.3 Å². The quantitative estimate of drug-likeness (QED) is 0.787. The highest BCUT2D eigenvalue weighted by molar-refractivity contribution is 6.04. The van der Waals surface area contributed by atoms with E-state index in [0.29, 0.717) is 0 Å². The van der Waals surface area contributed by atoms with Crippen LogP contribution in [-0.2, 0) is 4.79 Å². The lowest BCUT2D eigenvalue weighted by atomic mass is 9.91. The summed E-state index contributed by atoms with van der Waals surface area (Å²) in [6.07, 6.45) is 7.37. The predicted octanol–water partition coefficient (Wildman–Crippen LogP) is 2.87. The molecule has 1 aliphatic heterocycles. The molecule has 1 unspecified atom stereocenters. The maximum atomic E-state index is 12.4. The molecule has 1 aliphatic rings. The summed E-state index contributed by atoms with van der Waals surface area (Å²) < 4.78 is 0. The minimum absolute atomic E-state index is 0.0390. The number of piperidine rings is 1. The number of H-pyrrole nitrogens is 1. The maximum absolute atomic E-state index is 12.4. The van der Waals surface area contributed by atoms with Crippen molar-refractivity contribution in [2.75, 3.05) is 13.1 Å². The van der Waals surface area contributed by atoms with E-state index in [9.17, 15) is 4.79 Å². The molecule has 24 heavy (non-hydrogen) atoms. The molecule has 124 valence electrons. The number of amides is 1. The second kappa shape index (κ2) is 5.85. The molecule has 4 rings (SSSR count). The molecule has 1 N–H and O–H groups in total. The van der Waals surface area contributed by atoms with Gasteiger partial charge in [-0.25, -0.2) is 15.0 Å². The first-order chi connectivity index (χ1) is 11.6. The monoisotopic (exact) mass is 323 g/mol. The van der Waals surface area contributed by atoms with Crippen LogP contribution in [0.2, 0.25) is 0 Å². The standard InChI is InChI=1S/C18H21N5O/c1-11(2)18(24)23-7-3-4-12(9-23)16-15-13-5-6-19-17(13)20-8-14(15)21-10-22-16/h5-6,8,10-12H,3-4,7,9H2,1-2H3,(H,21,22). The molecule has 6 heteroatoms. The number of carbonyl (C=O) groups is 1. The molecule has 6 nitrogen and oxygen atoms in total. The number of nitrogens with zero attached hydrogens (tertiary/aromatic N) is 4. The van der Waals surface area contributed by atoms with Crippen molar-refractivity contribution < 1.29 is 4.79 Å². The fourth-order valence-electron chi connectivity index (χ4n) is 3.67. The summed E-state index contributed by atoms with van der Waals surface area (Å²) in [6.45, 7) is 5.53. The summed E-state index contributed by atoms with van der Waals surface area (Å²) >= 11 is 0. The Bertz CT molecular complexity index is 901. The number of likely N-dealkylation sites (tertiary alicyclic amines) is 1. The lowest BCUT2D eigenvalue weighted by Crippen LogP contribution is -2.41. The minimum Gasteiger partial charge on any atom is -0.349 e. The van der Waals surface area contributed by atoms with Crippen LogP contribution < -0.4 is 0 Å². The number of hydrogen-bond acceptors (Lipinski definition) is 4.